The van der Waals surface area contributed by atoms with E-state index < -0.39 is 6.09 Å². The summed E-state index contributed by atoms with van der Waals surface area (Å²) in [5.74, 6) is -0.125. The van der Waals surface area contributed by atoms with Crippen molar-refractivity contribution >= 4 is 12.0 Å². The Morgan fingerprint density at radius 2 is 1.81 bits per heavy atom. The minimum absolute atomic E-state index is 0.0299. The summed E-state index contributed by atoms with van der Waals surface area (Å²) in [5, 5.41) is 2.53. The molecule has 0 aliphatic heterocycles. The van der Waals surface area contributed by atoms with E-state index in [1.807, 2.05) is 32.6 Å². The molecule has 0 saturated heterocycles. The van der Waals surface area contributed by atoms with Crippen LogP contribution in [0.1, 0.15) is 44.5 Å². The van der Waals surface area contributed by atoms with Crippen LogP contribution < -0.4 is 10.1 Å². The van der Waals surface area contributed by atoms with Gasteiger partial charge in [-0.25, -0.2) is 9.18 Å². The standard InChI is InChI=1S/C24H31FN2O4/c1-6-17(4)27(16(2)3)23(28)18-11-12-20(19-9-7-8-10-21(19)25)22(15-18)31-14-13-26-24(29)30-5/h7-12,15-17H,6,13-14H2,1-5H3,(H,26,29)/t17-/m1/s1. The fourth-order valence-electron chi connectivity index (χ4n) is 3.35. The number of benzene rings is 2. The van der Waals surface area contributed by atoms with Gasteiger partial charge in [0.1, 0.15) is 18.2 Å². The molecule has 0 bridgehead atoms. The Morgan fingerprint density at radius 3 is 2.42 bits per heavy atom. The number of carbonyl (C=O) groups is 2. The molecule has 2 amide bonds. The molecule has 7 heteroatoms. The predicted octanol–water partition coefficient (Wildman–Crippen LogP) is 4.88. The molecule has 0 saturated carbocycles. The number of carbonyl (C=O) groups excluding carboxylic acids is 2. The molecule has 2 rings (SSSR count). The molecule has 6 nitrogen and oxygen atoms in total. The third-order valence-electron chi connectivity index (χ3n) is 5.06. The Morgan fingerprint density at radius 1 is 1.10 bits per heavy atom. The van der Waals surface area contributed by atoms with Gasteiger partial charge in [0, 0.05) is 28.8 Å². The average molecular weight is 431 g/mol. The minimum Gasteiger partial charge on any atom is -0.491 e. The Bertz CT molecular complexity index is 901. The summed E-state index contributed by atoms with van der Waals surface area (Å²) in [7, 11) is 1.28. The Labute approximate surface area is 183 Å². The summed E-state index contributed by atoms with van der Waals surface area (Å²) >= 11 is 0. The quantitative estimate of drug-likeness (QED) is 0.576. The number of ether oxygens (including phenoxy) is 2. The zero-order valence-electron chi connectivity index (χ0n) is 18.8. The number of rotatable bonds is 9. The third-order valence-corrected chi connectivity index (χ3v) is 5.06. The number of methoxy groups -OCH3 is 1. The highest BCUT2D eigenvalue weighted by Gasteiger charge is 2.24. The molecule has 1 atom stereocenters. The van der Waals surface area contributed by atoms with E-state index in [1.54, 1.807) is 36.4 Å². The molecule has 0 aliphatic rings. The highest BCUT2D eigenvalue weighted by atomic mass is 19.1. The molecule has 0 aromatic heterocycles. The lowest BCUT2D eigenvalue weighted by molar-refractivity contribution is 0.0621. The van der Waals surface area contributed by atoms with Crippen LogP contribution in [0.3, 0.4) is 0 Å². The molecule has 0 spiro atoms. The van der Waals surface area contributed by atoms with E-state index in [0.717, 1.165) is 6.42 Å². The van der Waals surface area contributed by atoms with Gasteiger partial charge < -0.3 is 19.7 Å². The van der Waals surface area contributed by atoms with Gasteiger partial charge in [0.15, 0.2) is 0 Å². The number of nitrogens with one attached hydrogen (secondary N) is 1. The second-order valence-corrected chi connectivity index (χ2v) is 7.52. The lowest BCUT2D eigenvalue weighted by Crippen LogP contribution is -2.43. The molecule has 1 N–H and O–H groups in total. The van der Waals surface area contributed by atoms with Gasteiger partial charge in [-0.15, -0.1) is 0 Å². The van der Waals surface area contributed by atoms with Crippen LogP contribution >= 0.6 is 0 Å². The van der Waals surface area contributed by atoms with Crippen LogP contribution in [-0.4, -0.2) is 49.2 Å². The number of halogens is 1. The van der Waals surface area contributed by atoms with Crippen LogP contribution in [0.5, 0.6) is 5.75 Å². The second kappa shape index (κ2) is 11.3. The summed E-state index contributed by atoms with van der Waals surface area (Å²) in [6, 6.07) is 11.5. The smallest absolute Gasteiger partial charge is 0.406 e. The minimum atomic E-state index is -0.567. The molecule has 2 aromatic carbocycles. The topological polar surface area (TPSA) is 67.9 Å². The first-order valence-electron chi connectivity index (χ1n) is 10.5. The van der Waals surface area contributed by atoms with Gasteiger partial charge in [-0.3, -0.25) is 4.79 Å². The van der Waals surface area contributed by atoms with Crippen LogP contribution in [0.25, 0.3) is 11.1 Å². The highest BCUT2D eigenvalue weighted by Crippen LogP contribution is 2.33. The molecular weight excluding hydrogens is 399 g/mol. The maximum Gasteiger partial charge on any atom is 0.406 e. The van der Waals surface area contributed by atoms with Gasteiger partial charge >= 0.3 is 6.09 Å². The first-order valence-corrected chi connectivity index (χ1v) is 10.5. The summed E-state index contributed by atoms with van der Waals surface area (Å²) in [4.78, 5) is 26.3. The van der Waals surface area contributed by atoms with Gasteiger partial charge in [-0.2, -0.15) is 0 Å². The van der Waals surface area contributed by atoms with Crippen molar-refractivity contribution in [3.63, 3.8) is 0 Å². The van der Waals surface area contributed by atoms with E-state index in [-0.39, 0.29) is 37.0 Å². The maximum atomic E-state index is 14.4. The number of hydrogen-bond acceptors (Lipinski definition) is 4. The lowest BCUT2D eigenvalue weighted by Gasteiger charge is -2.32. The first kappa shape index (κ1) is 24.2. The summed E-state index contributed by atoms with van der Waals surface area (Å²) in [6.07, 6.45) is 0.266. The van der Waals surface area contributed by atoms with E-state index >= 15 is 0 Å². The van der Waals surface area contributed by atoms with Gasteiger partial charge in [0.2, 0.25) is 0 Å². The second-order valence-electron chi connectivity index (χ2n) is 7.52. The van der Waals surface area contributed by atoms with Crippen molar-refractivity contribution in [2.24, 2.45) is 0 Å². The summed E-state index contributed by atoms with van der Waals surface area (Å²) in [6.45, 7) is 8.35. The fourth-order valence-corrected chi connectivity index (χ4v) is 3.35. The van der Waals surface area contributed by atoms with Crippen molar-refractivity contribution in [2.75, 3.05) is 20.3 Å². The zero-order valence-corrected chi connectivity index (χ0v) is 18.8. The molecule has 0 fully saturated rings. The SMILES string of the molecule is CC[C@@H](C)N(C(=O)c1ccc(-c2ccccc2F)c(OCCNC(=O)OC)c1)C(C)C. The molecular formula is C24H31FN2O4. The maximum absolute atomic E-state index is 14.4. The van der Waals surface area contributed by atoms with Crippen molar-refractivity contribution in [3.8, 4) is 16.9 Å². The van der Waals surface area contributed by atoms with Crippen molar-refractivity contribution in [3.05, 3.63) is 53.8 Å². The van der Waals surface area contributed by atoms with E-state index in [1.165, 1.54) is 13.2 Å². The Balaban J connectivity index is 2.38. The van der Waals surface area contributed by atoms with Crippen LogP contribution in [-0.2, 0) is 4.74 Å². The van der Waals surface area contributed by atoms with Crippen LogP contribution in [0, 0.1) is 5.82 Å². The molecule has 0 radical (unpaired) electrons. The van der Waals surface area contributed by atoms with E-state index in [4.69, 9.17) is 4.74 Å². The van der Waals surface area contributed by atoms with E-state index in [9.17, 15) is 14.0 Å². The normalized spacial score (nSPS) is 11.7. The number of nitrogens with zero attached hydrogens (tertiary/aromatic N) is 1. The first-order chi connectivity index (χ1) is 14.8. The van der Waals surface area contributed by atoms with Crippen molar-refractivity contribution in [1.29, 1.82) is 0 Å². The summed E-state index contributed by atoms with van der Waals surface area (Å²) < 4.78 is 24.8. The highest BCUT2D eigenvalue weighted by molar-refractivity contribution is 5.96. The molecule has 31 heavy (non-hydrogen) atoms. The van der Waals surface area contributed by atoms with Crippen molar-refractivity contribution in [2.45, 2.75) is 46.2 Å². The van der Waals surface area contributed by atoms with Gasteiger partial charge in [0.25, 0.3) is 5.91 Å². The Hall–Kier alpha value is -3.09. The molecule has 0 unspecified atom stereocenters. The Kier molecular flexibility index (Phi) is 8.85. The van der Waals surface area contributed by atoms with Crippen LogP contribution in [0.4, 0.5) is 9.18 Å². The predicted molar refractivity (Wildman–Crippen MR) is 119 cm³/mol. The van der Waals surface area contributed by atoms with E-state index in [2.05, 4.69) is 10.1 Å². The molecule has 168 valence electrons. The fraction of sp³-hybridized carbons (Fsp3) is 0.417. The third kappa shape index (κ3) is 6.20. The van der Waals surface area contributed by atoms with Crippen LogP contribution in [0.2, 0.25) is 0 Å². The van der Waals surface area contributed by atoms with Crippen molar-refractivity contribution < 1.29 is 23.5 Å². The monoisotopic (exact) mass is 430 g/mol. The largest absolute Gasteiger partial charge is 0.491 e. The van der Waals surface area contributed by atoms with Crippen LogP contribution in [0.15, 0.2) is 42.5 Å². The van der Waals surface area contributed by atoms with Gasteiger partial charge in [-0.05, 0) is 51.5 Å². The molecule has 0 heterocycles. The zero-order chi connectivity index (χ0) is 23.0. The number of amides is 2. The van der Waals surface area contributed by atoms with Gasteiger partial charge in [-0.1, -0.05) is 25.1 Å². The summed E-state index contributed by atoms with van der Waals surface area (Å²) in [5.41, 5.74) is 1.37. The molecule has 2 aromatic rings. The average Bonchev–Trinajstić information content (AvgIpc) is 2.76. The molecule has 0 aliphatic carbocycles. The van der Waals surface area contributed by atoms with Gasteiger partial charge in [0.05, 0.1) is 13.7 Å². The van der Waals surface area contributed by atoms with Crippen molar-refractivity contribution in [1.82, 2.24) is 10.2 Å². The van der Waals surface area contributed by atoms with E-state index in [0.29, 0.717) is 22.4 Å². The lowest BCUT2D eigenvalue weighted by atomic mass is 10.0. The number of alkyl carbamates (subject to hydrolysis) is 1. The number of hydrogen-bond donors (Lipinski definition) is 1.